The van der Waals surface area contributed by atoms with Gasteiger partial charge in [-0.2, -0.15) is 0 Å². The number of amides is 1. The predicted molar refractivity (Wildman–Crippen MR) is 85.0 cm³/mol. The monoisotopic (exact) mass is 303 g/mol. The van der Waals surface area contributed by atoms with Crippen LogP contribution in [-0.2, 0) is 4.79 Å². The van der Waals surface area contributed by atoms with E-state index in [1.807, 2.05) is 0 Å². The summed E-state index contributed by atoms with van der Waals surface area (Å²) < 4.78 is 0. The van der Waals surface area contributed by atoms with Gasteiger partial charge in [-0.15, -0.1) is 12.4 Å². The minimum absolute atomic E-state index is 0. The molecule has 5 heteroatoms. The Balaban J connectivity index is 0.00000200. The fourth-order valence-electron chi connectivity index (χ4n) is 3.45. The number of rotatable bonds is 4. The average Bonchev–Trinajstić information content (AvgIpc) is 2.72. The fourth-order valence-corrected chi connectivity index (χ4v) is 3.45. The van der Waals surface area contributed by atoms with E-state index in [-0.39, 0.29) is 23.9 Å². The quantitative estimate of drug-likeness (QED) is 0.832. The van der Waals surface area contributed by atoms with Crippen molar-refractivity contribution < 1.29 is 4.79 Å². The topological polar surface area (TPSA) is 58.4 Å². The summed E-state index contributed by atoms with van der Waals surface area (Å²) in [4.78, 5) is 14.4. The second kappa shape index (κ2) is 7.10. The van der Waals surface area contributed by atoms with Crippen molar-refractivity contribution in [2.45, 2.75) is 58.0 Å². The van der Waals surface area contributed by atoms with Crippen LogP contribution in [-0.4, -0.2) is 42.0 Å². The number of nitrogens with two attached hydrogens (primary N) is 1. The smallest absolute Gasteiger partial charge is 0.234 e. The molecule has 3 unspecified atom stereocenters. The van der Waals surface area contributed by atoms with Gasteiger partial charge in [0.2, 0.25) is 5.91 Å². The normalized spacial score (nSPS) is 30.5. The molecule has 0 radical (unpaired) electrons. The zero-order valence-electron chi connectivity index (χ0n) is 13.0. The van der Waals surface area contributed by atoms with Crippen molar-refractivity contribution in [3.63, 3.8) is 0 Å². The van der Waals surface area contributed by atoms with E-state index >= 15 is 0 Å². The Bertz CT molecular complexity index is 335. The minimum atomic E-state index is -0.0973. The van der Waals surface area contributed by atoms with Gasteiger partial charge < -0.3 is 11.1 Å². The summed E-state index contributed by atoms with van der Waals surface area (Å²) in [5.41, 5.74) is 6.11. The molecule has 118 valence electrons. The first-order valence-corrected chi connectivity index (χ1v) is 7.70. The van der Waals surface area contributed by atoms with Crippen molar-refractivity contribution in [1.29, 1.82) is 0 Å². The first kappa shape index (κ1) is 17.7. The molecule has 1 saturated carbocycles. The maximum atomic E-state index is 12.1. The molecule has 0 spiro atoms. The Morgan fingerprint density at radius 2 is 2.05 bits per heavy atom. The van der Waals surface area contributed by atoms with Crippen LogP contribution < -0.4 is 11.1 Å². The lowest BCUT2D eigenvalue weighted by molar-refractivity contribution is -0.123. The second-order valence-electron chi connectivity index (χ2n) is 7.00. The molecule has 0 aromatic rings. The van der Waals surface area contributed by atoms with E-state index in [4.69, 9.17) is 5.73 Å². The van der Waals surface area contributed by atoms with Gasteiger partial charge in [0, 0.05) is 24.7 Å². The highest BCUT2D eigenvalue weighted by atomic mass is 35.5. The first-order chi connectivity index (χ1) is 8.91. The molecule has 3 atom stereocenters. The molecular weight excluding hydrogens is 274 g/mol. The number of carbonyl (C=O) groups excluding carboxylic acids is 1. The highest BCUT2D eigenvalue weighted by molar-refractivity contribution is 5.85. The molecule has 2 rings (SSSR count). The number of fused-ring (bicyclic) bond motifs is 1. The highest BCUT2D eigenvalue weighted by Crippen LogP contribution is 2.35. The summed E-state index contributed by atoms with van der Waals surface area (Å²) in [5, 5.41) is 3.11. The molecule has 0 bridgehead atoms. The highest BCUT2D eigenvalue weighted by Gasteiger charge is 2.39. The van der Waals surface area contributed by atoms with Crippen LogP contribution in [0.3, 0.4) is 0 Å². The lowest BCUT2D eigenvalue weighted by Crippen LogP contribution is -2.47. The minimum Gasteiger partial charge on any atom is -0.350 e. The van der Waals surface area contributed by atoms with Gasteiger partial charge in [0.25, 0.3) is 0 Å². The Morgan fingerprint density at radius 3 is 2.65 bits per heavy atom. The molecule has 0 aromatic heterocycles. The third kappa shape index (κ3) is 4.34. The SMILES string of the molecule is CCC(C)(C)NC(=O)CN1CC2CCCC(N)C2C1.Cl. The van der Waals surface area contributed by atoms with Crippen molar-refractivity contribution in [2.24, 2.45) is 17.6 Å². The second-order valence-corrected chi connectivity index (χ2v) is 7.00. The summed E-state index contributed by atoms with van der Waals surface area (Å²) >= 11 is 0. The van der Waals surface area contributed by atoms with E-state index in [0.29, 0.717) is 18.5 Å². The lowest BCUT2D eigenvalue weighted by Gasteiger charge is -2.29. The number of carbonyl (C=O) groups is 1. The number of likely N-dealkylation sites (tertiary alicyclic amines) is 1. The molecule has 1 heterocycles. The van der Waals surface area contributed by atoms with E-state index < -0.39 is 0 Å². The zero-order valence-corrected chi connectivity index (χ0v) is 13.8. The van der Waals surface area contributed by atoms with Crippen LogP contribution in [0.25, 0.3) is 0 Å². The molecule has 3 N–H and O–H groups in total. The lowest BCUT2D eigenvalue weighted by atomic mass is 9.78. The van der Waals surface area contributed by atoms with Crippen LogP contribution >= 0.6 is 12.4 Å². The van der Waals surface area contributed by atoms with E-state index in [1.54, 1.807) is 0 Å². The third-order valence-corrected chi connectivity index (χ3v) is 4.96. The van der Waals surface area contributed by atoms with E-state index in [1.165, 1.54) is 12.8 Å². The maximum Gasteiger partial charge on any atom is 0.234 e. The Hall–Kier alpha value is -0.320. The summed E-state index contributed by atoms with van der Waals surface area (Å²) in [5.74, 6) is 1.48. The molecule has 2 fully saturated rings. The number of hydrogen-bond donors (Lipinski definition) is 2. The Morgan fingerprint density at radius 1 is 1.35 bits per heavy atom. The van der Waals surface area contributed by atoms with Gasteiger partial charge in [0.05, 0.1) is 6.54 Å². The van der Waals surface area contributed by atoms with Gasteiger partial charge in [-0.3, -0.25) is 9.69 Å². The Kier molecular flexibility index (Phi) is 6.29. The van der Waals surface area contributed by atoms with Gasteiger partial charge in [0.15, 0.2) is 0 Å². The molecule has 1 aliphatic heterocycles. The van der Waals surface area contributed by atoms with Crippen LogP contribution in [0, 0.1) is 11.8 Å². The average molecular weight is 304 g/mol. The van der Waals surface area contributed by atoms with Crippen LogP contribution in [0.15, 0.2) is 0 Å². The largest absolute Gasteiger partial charge is 0.350 e. The number of nitrogens with zero attached hydrogens (tertiary/aromatic N) is 1. The molecule has 0 aromatic carbocycles. The first-order valence-electron chi connectivity index (χ1n) is 7.70. The van der Waals surface area contributed by atoms with E-state index in [9.17, 15) is 4.79 Å². The van der Waals surface area contributed by atoms with Gasteiger partial charge >= 0.3 is 0 Å². The van der Waals surface area contributed by atoms with Gasteiger partial charge in [-0.05, 0) is 44.9 Å². The molecule has 20 heavy (non-hydrogen) atoms. The summed E-state index contributed by atoms with van der Waals surface area (Å²) in [6.45, 7) is 8.84. The molecule has 1 amide bonds. The van der Waals surface area contributed by atoms with Crippen LogP contribution in [0.4, 0.5) is 0 Å². The summed E-state index contributed by atoms with van der Waals surface area (Å²) in [7, 11) is 0. The Labute approximate surface area is 129 Å². The van der Waals surface area contributed by atoms with Crippen LogP contribution in [0.5, 0.6) is 0 Å². The van der Waals surface area contributed by atoms with Crippen LogP contribution in [0.2, 0.25) is 0 Å². The summed E-state index contributed by atoms with van der Waals surface area (Å²) in [6, 6.07) is 0.346. The van der Waals surface area contributed by atoms with Gasteiger partial charge in [-0.25, -0.2) is 0 Å². The van der Waals surface area contributed by atoms with Crippen molar-refractivity contribution in [2.75, 3.05) is 19.6 Å². The molecule has 2 aliphatic rings. The van der Waals surface area contributed by atoms with Crippen molar-refractivity contribution in [3.8, 4) is 0 Å². The number of halogens is 1. The van der Waals surface area contributed by atoms with E-state index in [2.05, 4.69) is 31.0 Å². The third-order valence-electron chi connectivity index (χ3n) is 4.96. The molecule has 4 nitrogen and oxygen atoms in total. The maximum absolute atomic E-state index is 12.1. The number of hydrogen-bond acceptors (Lipinski definition) is 3. The van der Waals surface area contributed by atoms with Crippen molar-refractivity contribution >= 4 is 18.3 Å². The van der Waals surface area contributed by atoms with Crippen molar-refractivity contribution in [1.82, 2.24) is 10.2 Å². The predicted octanol–water partition coefficient (Wildman–Crippen LogP) is 1.77. The van der Waals surface area contributed by atoms with Gasteiger partial charge in [0.1, 0.15) is 0 Å². The molecule has 1 aliphatic carbocycles. The number of nitrogens with one attached hydrogen (secondary N) is 1. The fraction of sp³-hybridized carbons (Fsp3) is 0.933. The molecular formula is C15H30ClN3O. The van der Waals surface area contributed by atoms with Crippen LogP contribution in [0.1, 0.15) is 46.5 Å². The summed E-state index contributed by atoms with van der Waals surface area (Å²) in [6.07, 6.45) is 4.65. The standard InChI is InChI=1S/C15H29N3O.ClH/c1-4-15(2,3)17-14(19)10-18-8-11-6-5-7-13(16)12(11)9-18;/h11-13H,4-10,16H2,1-3H3,(H,17,19);1H. The van der Waals surface area contributed by atoms with Gasteiger partial charge in [-0.1, -0.05) is 13.3 Å². The van der Waals surface area contributed by atoms with E-state index in [0.717, 1.165) is 31.8 Å². The van der Waals surface area contributed by atoms with Crippen molar-refractivity contribution in [3.05, 3.63) is 0 Å². The zero-order chi connectivity index (χ0) is 14.0. The molecule has 1 saturated heterocycles.